The molecule has 268 valence electrons. The van der Waals surface area contributed by atoms with Crippen LogP contribution in [0.2, 0.25) is 0 Å². The fraction of sp³-hybridized carbons (Fsp3) is 0.848. The second kappa shape index (κ2) is 15.5. The molecule has 14 heteroatoms. The Bertz CT molecular complexity index is 1190. The molecule has 0 aliphatic carbocycles. The van der Waals surface area contributed by atoms with Gasteiger partial charge in [-0.3, -0.25) is 9.59 Å². The number of hydrogen-bond acceptors (Lipinski definition) is 11. The fourth-order valence-electron chi connectivity index (χ4n) is 7.49. The number of hydrazone groups is 1. The number of cyclic esters (lactones) is 1. The summed E-state index contributed by atoms with van der Waals surface area (Å²) in [5.41, 5.74) is -2.49. The van der Waals surface area contributed by atoms with E-state index in [1.807, 2.05) is 25.9 Å². The average molecular weight is 671 g/mol. The Morgan fingerprint density at radius 2 is 1.74 bits per heavy atom. The zero-order chi connectivity index (χ0) is 35.6. The molecule has 0 amide bonds. The molecule has 47 heavy (non-hydrogen) atoms. The first-order valence-corrected chi connectivity index (χ1v) is 16.5. The van der Waals surface area contributed by atoms with E-state index < -0.39 is 82.4 Å². The number of ketones is 1. The first-order chi connectivity index (χ1) is 21.7. The molecule has 0 radical (unpaired) electrons. The average Bonchev–Trinajstić information content (AvgIpc) is 3.00. The molecule has 13 atom stereocenters. The normalized spacial score (nSPS) is 44.0. The van der Waals surface area contributed by atoms with Crippen LogP contribution in [0.5, 0.6) is 0 Å². The van der Waals surface area contributed by atoms with Crippen molar-refractivity contribution in [3.63, 3.8) is 0 Å². The summed E-state index contributed by atoms with van der Waals surface area (Å²) in [6.07, 6.45) is -5.02. The topological polar surface area (TPSA) is 177 Å². The molecule has 3 saturated heterocycles. The number of carbonyl (C=O) groups excluding carboxylic acids is 2. The molecule has 3 aliphatic heterocycles. The fourth-order valence-corrected chi connectivity index (χ4v) is 7.49. The molecule has 3 fully saturated rings. The van der Waals surface area contributed by atoms with Crippen LogP contribution in [-0.2, 0) is 33.3 Å². The van der Waals surface area contributed by atoms with Gasteiger partial charge in [0.05, 0.1) is 42.2 Å². The number of aliphatic hydroxyl groups excluding tert-OH is 1. The van der Waals surface area contributed by atoms with Crippen molar-refractivity contribution in [1.82, 2.24) is 4.90 Å². The lowest BCUT2D eigenvalue weighted by molar-refractivity contribution is -0.796. The van der Waals surface area contributed by atoms with E-state index in [1.165, 1.54) is 13.8 Å². The molecule has 3 rings (SSSR count). The summed E-state index contributed by atoms with van der Waals surface area (Å²) < 4.78 is 31.4. The van der Waals surface area contributed by atoms with Crippen molar-refractivity contribution >= 4 is 17.5 Å². The highest BCUT2D eigenvalue weighted by atomic mass is 16.7. The molecule has 0 saturated carbocycles. The van der Waals surface area contributed by atoms with Crippen LogP contribution in [0, 0.1) is 28.6 Å². The van der Waals surface area contributed by atoms with Crippen molar-refractivity contribution in [2.45, 2.75) is 129 Å². The molecular formula is C33H56N3O11+. The van der Waals surface area contributed by atoms with Gasteiger partial charge in [-0.15, -0.1) is 0 Å². The minimum atomic E-state index is -1.83. The van der Waals surface area contributed by atoms with Gasteiger partial charge in [0.1, 0.15) is 34.3 Å². The Labute approximate surface area is 277 Å². The van der Waals surface area contributed by atoms with Gasteiger partial charge in [0, 0.05) is 23.8 Å². The van der Waals surface area contributed by atoms with Gasteiger partial charge in [-0.2, -0.15) is 0 Å². The zero-order valence-electron chi connectivity index (χ0n) is 29.5. The molecule has 0 aromatic heterocycles. The first-order valence-electron chi connectivity index (χ1n) is 16.5. The van der Waals surface area contributed by atoms with Gasteiger partial charge >= 0.3 is 11.0 Å². The lowest BCUT2D eigenvalue weighted by Crippen LogP contribution is -2.60. The van der Waals surface area contributed by atoms with Crippen molar-refractivity contribution in [2.24, 2.45) is 28.8 Å². The van der Waals surface area contributed by atoms with Crippen LogP contribution < -0.4 is 0 Å². The Balaban J connectivity index is 2.29. The van der Waals surface area contributed by atoms with Crippen LogP contribution >= 0.6 is 0 Å². The van der Waals surface area contributed by atoms with Crippen molar-refractivity contribution in [3.05, 3.63) is 17.1 Å². The SMILES string of the molecule is C=C1CO[C@@H]2[C@@H](C)C(=N[N+](=O)O)[C@H](C)C[C@@](C)(OC1)[C@H](O[C@@H]1O[C@H](C)C[C@H](N(C)C)[C@H]1O)[C@@H](C)C(=O)[C@@H](C)C(=O)O[C@H](CC)[C@@]2(C)O. The molecule has 0 spiro atoms. The standard InChI is InChI=1S/C33H56N3O11/c1-12-24-33(9,40)29-20(5)25(34-36(41)42)18(3)14-32(8,44-16-17(2)15-43-29)28(21(6)26(37)22(7)30(39)46-24)47-31-27(38)23(35(10)11)13-19(4)45-31/h18-24,27-29,31,38,40H,2,12-16H2,1,3-11H3,(H,41,42)/q+1/t18-,19-,20+,21+,22-,23+,24-,27-,28-,29-,31+,32-,33-/m1/s1. The Hall–Kier alpha value is -2.33. The predicted octanol–water partition coefficient (Wildman–Crippen LogP) is 2.64. The summed E-state index contributed by atoms with van der Waals surface area (Å²) in [6.45, 7) is 17.4. The monoisotopic (exact) mass is 670 g/mol. The molecule has 14 nitrogen and oxygen atoms in total. The van der Waals surface area contributed by atoms with Gasteiger partial charge in [-0.05, 0) is 66.6 Å². The van der Waals surface area contributed by atoms with Crippen molar-refractivity contribution in [3.8, 4) is 0 Å². The van der Waals surface area contributed by atoms with Crippen LogP contribution in [0.4, 0.5) is 0 Å². The zero-order valence-corrected chi connectivity index (χ0v) is 29.5. The summed E-state index contributed by atoms with van der Waals surface area (Å²) in [7, 11) is 3.70. The molecule has 0 aromatic rings. The number of rotatable bonds is 5. The Kier molecular flexibility index (Phi) is 12.9. The smallest absolute Gasteiger partial charge is 0.387 e. The molecule has 2 bridgehead atoms. The van der Waals surface area contributed by atoms with E-state index in [0.29, 0.717) is 12.0 Å². The summed E-state index contributed by atoms with van der Waals surface area (Å²) in [6, 6.07) is -0.304. The van der Waals surface area contributed by atoms with Crippen molar-refractivity contribution in [1.29, 1.82) is 0 Å². The van der Waals surface area contributed by atoms with E-state index in [-0.39, 0.29) is 43.9 Å². The van der Waals surface area contributed by atoms with Crippen LogP contribution in [-0.4, -0.2) is 124 Å². The van der Waals surface area contributed by atoms with Gasteiger partial charge in [0.25, 0.3) is 0 Å². The van der Waals surface area contributed by atoms with Gasteiger partial charge in [-0.25, -0.2) is 5.21 Å². The number of esters is 1. The van der Waals surface area contributed by atoms with Crippen LogP contribution in [0.15, 0.2) is 17.3 Å². The summed E-state index contributed by atoms with van der Waals surface area (Å²) in [5.74, 6) is -4.99. The quantitative estimate of drug-likeness (QED) is 0.169. The molecule has 0 aromatic carbocycles. The van der Waals surface area contributed by atoms with Crippen LogP contribution in [0.25, 0.3) is 0 Å². The van der Waals surface area contributed by atoms with E-state index in [2.05, 4.69) is 11.7 Å². The highest BCUT2D eigenvalue weighted by Gasteiger charge is 2.53. The number of fused-ring (bicyclic) bond motifs is 5. The molecule has 3 aliphatic rings. The third kappa shape index (κ3) is 8.64. The lowest BCUT2D eigenvalue weighted by Gasteiger charge is -2.47. The van der Waals surface area contributed by atoms with Gasteiger partial charge < -0.3 is 38.8 Å². The second-order valence-electron chi connectivity index (χ2n) is 14.4. The molecule has 3 heterocycles. The minimum absolute atomic E-state index is 0.0274. The maximum absolute atomic E-state index is 14.1. The maximum Gasteiger partial charge on any atom is 0.387 e. The number of likely N-dealkylation sites (N-methyl/N-ethyl adjacent to an activating group) is 1. The number of ether oxygens (including phenoxy) is 5. The number of hydrogen-bond donors (Lipinski definition) is 3. The van der Waals surface area contributed by atoms with E-state index in [1.54, 1.807) is 34.6 Å². The van der Waals surface area contributed by atoms with Crippen LogP contribution in [0.1, 0.15) is 74.7 Å². The lowest BCUT2D eigenvalue weighted by atomic mass is 9.74. The third-order valence-electron chi connectivity index (χ3n) is 10.1. The molecule has 0 unspecified atom stereocenters. The third-order valence-corrected chi connectivity index (χ3v) is 10.1. The van der Waals surface area contributed by atoms with E-state index in [0.717, 1.165) is 0 Å². The van der Waals surface area contributed by atoms with Crippen LogP contribution in [0.3, 0.4) is 0 Å². The number of carbonyl (C=O) groups is 2. The number of aliphatic hydroxyl groups is 2. The Morgan fingerprint density at radius 3 is 2.32 bits per heavy atom. The number of nitrogens with zero attached hydrogens (tertiary/aromatic N) is 3. The molecule has 3 N–H and O–H groups in total. The number of Topliss-reactive ketones (excluding diaryl/α,β-unsaturated/α-hetero) is 1. The maximum atomic E-state index is 14.1. The van der Waals surface area contributed by atoms with Gasteiger partial charge in [0.15, 0.2) is 12.1 Å². The summed E-state index contributed by atoms with van der Waals surface area (Å²) in [4.78, 5) is 41.6. The highest BCUT2D eigenvalue weighted by Crippen LogP contribution is 2.40. The largest absolute Gasteiger partial charge is 0.459 e. The van der Waals surface area contributed by atoms with E-state index in [9.17, 15) is 29.9 Å². The van der Waals surface area contributed by atoms with Crippen molar-refractivity contribution in [2.75, 3.05) is 27.3 Å². The minimum Gasteiger partial charge on any atom is -0.459 e. The van der Waals surface area contributed by atoms with E-state index >= 15 is 0 Å². The second-order valence-corrected chi connectivity index (χ2v) is 14.4. The van der Waals surface area contributed by atoms with Gasteiger partial charge in [0.2, 0.25) is 0 Å². The van der Waals surface area contributed by atoms with Crippen molar-refractivity contribution < 1.29 is 53.7 Å². The molecular weight excluding hydrogens is 614 g/mol. The Morgan fingerprint density at radius 1 is 1.11 bits per heavy atom. The first kappa shape index (κ1) is 39.1. The van der Waals surface area contributed by atoms with E-state index in [4.69, 9.17) is 23.7 Å². The summed E-state index contributed by atoms with van der Waals surface area (Å²) >= 11 is 0. The predicted molar refractivity (Wildman–Crippen MR) is 170 cm³/mol. The highest BCUT2D eigenvalue weighted by molar-refractivity contribution is 6.00. The summed E-state index contributed by atoms with van der Waals surface area (Å²) in [5, 5.41) is 36.5. The van der Waals surface area contributed by atoms with Gasteiger partial charge in [-0.1, -0.05) is 34.3 Å².